The molecule has 0 N–H and O–H groups in total. The summed E-state index contributed by atoms with van der Waals surface area (Å²) in [4.78, 5) is 0. The van der Waals surface area contributed by atoms with Crippen molar-refractivity contribution in [2.24, 2.45) is 0 Å². The van der Waals surface area contributed by atoms with Gasteiger partial charge in [-0.05, 0) is 19.8 Å². The van der Waals surface area contributed by atoms with Crippen LogP contribution < -0.4 is 0 Å². The molecule has 0 aromatic heterocycles. The van der Waals surface area contributed by atoms with Gasteiger partial charge in [0.05, 0.1) is 0 Å². The Morgan fingerprint density at radius 2 is 1.42 bits per heavy atom. The van der Waals surface area contributed by atoms with Gasteiger partial charge in [0.25, 0.3) is 0 Å². The van der Waals surface area contributed by atoms with Crippen LogP contribution >= 0.6 is 0 Å². The first-order valence-corrected chi connectivity index (χ1v) is 4.98. The second-order valence-electron chi connectivity index (χ2n) is 2.73. The summed E-state index contributed by atoms with van der Waals surface area (Å²) in [6.45, 7) is 11.5. The minimum atomic E-state index is 0.955. The van der Waals surface area contributed by atoms with E-state index < -0.39 is 0 Å². The van der Waals surface area contributed by atoms with E-state index in [1.165, 1.54) is 25.7 Å². The maximum absolute atomic E-state index is 5.31. The molecule has 0 atom stereocenters. The van der Waals surface area contributed by atoms with Crippen molar-refractivity contribution in [2.75, 3.05) is 13.2 Å². The Bertz CT molecular complexity index is 63.4. The summed E-state index contributed by atoms with van der Waals surface area (Å²) >= 11 is 0. The third-order valence-electron chi connectivity index (χ3n) is 1.28. The highest BCUT2D eigenvalue weighted by atomic mass is 16.5. The minimum absolute atomic E-state index is 0.955. The number of rotatable bonds is 6. The van der Waals surface area contributed by atoms with Gasteiger partial charge in [-0.1, -0.05) is 32.8 Å². The van der Waals surface area contributed by atoms with E-state index in [0.717, 1.165) is 13.2 Å². The van der Waals surface area contributed by atoms with Crippen molar-refractivity contribution < 1.29 is 4.74 Å². The fraction of sp³-hybridized carbons (Fsp3) is 0.818. The number of unbranched alkanes of at least 4 members (excludes halogenated alkanes) is 2. The topological polar surface area (TPSA) is 9.23 Å². The maximum Gasteiger partial charge on any atom is 0.0465 e. The summed E-state index contributed by atoms with van der Waals surface area (Å²) in [6.07, 6.45) is 6.66. The van der Waals surface area contributed by atoms with Crippen LogP contribution in [0.15, 0.2) is 12.7 Å². The van der Waals surface area contributed by atoms with Crippen LogP contribution in [0.1, 0.15) is 46.5 Å². The second kappa shape index (κ2) is 17.0. The average Bonchev–Trinajstić information content (AvgIpc) is 2.06. The lowest BCUT2D eigenvalue weighted by molar-refractivity contribution is 0.128. The summed E-state index contributed by atoms with van der Waals surface area (Å²) in [5.74, 6) is 0. The van der Waals surface area contributed by atoms with E-state index in [4.69, 9.17) is 4.74 Å². The molecule has 1 nitrogen and oxygen atoms in total. The van der Waals surface area contributed by atoms with E-state index >= 15 is 0 Å². The molecule has 0 aliphatic rings. The Morgan fingerprint density at radius 3 is 1.67 bits per heavy atom. The average molecular weight is 172 g/mol. The molecule has 0 heterocycles. The SMILES string of the molecule is C=CC.CCCCOCCCC. The molecule has 0 aliphatic carbocycles. The van der Waals surface area contributed by atoms with E-state index in [-0.39, 0.29) is 0 Å². The predicted molar refractivity (Wildman–Crippen MR) is 56.5 cm³/mol. The number of hydrogen-bond acceptors (Lipinski definition) is 1. The van der Waals surface area contributed by atoms with E-state index in [0.29, 0.717) is 0 Å². The van der Waals surface area contributed by atoms with Crippen LogP contribution in [-0.2, 0) is 4.74 Å². The Hall–Kier alpha value is -0.300. The van der Waals surface area contributed by atoms with Gasteiger partial charge in [-0.2, -0.15) is 0 Å². The molecule has 0 saturated carbocycles. The molecule has 0 amide bonds. The van der Waals surface area contributed by atoms with Crippen molar-refractivity contribution in [2.45, 2.75) is 46.5 Å². The van der Waals surface area contributed by atoms with E-state index in [2.05, 4.69) is 20.4 Å². The molecule has 0 spiro atoms. The van der Waals surface area contributed by atoms with E-state index in [9.17, 15) is 0 Å². The first-order chi connectivity index (χ1) is 5.83. The van der Waals surface area contributed by atoms with Gasteiger partial charge in [-0.25, -0.2) is 0 Å². The molecule has 0 saturated heterocycles. The lowest BCUT2D eigenvalue weighted by atomic mass is 10.3. The summed E-state index contributed by atoms with van der Waals surface area (Å²) in [5.41, 5.74) is 0. The summed E-state index contributed by atoms with van der Waals surface area (Å²) in [6, 6.07) is 0. The number of ether oxygens (including phenoxy) is 1. The molecule has 1 heteroatoms. The van der Waals surface area contributed by atoms with E-state index in [1.807, 2.05) is 6.92 Å². The van der Waals surface area contributed by atoms with Crippen LogP contribution in [0.3, 0.4) is 0 Å². The van der Waals surface area contributed by atoms with Gasteiger partial charge in [0, 0.05) is 13.2 Å². The molecule has 0 radical (unpaired) electrons. The molecule has 0 fully saturated rings. The van der Waals surface area contributed by atoms with Gasteiger partial charge >= 0.3 is 0 Å². The maximum atomic E-state index is 5.31. The highest BCUT2D eigenvalue weighted by Crippen LogP contribution is 1.91. The van der Waals surface area contributed by atoms with Crippen molar-refractivity contribution in [1.82, 2.24) is 0 Å². The van der Waals surface area contributed by atoms with Crippen LogP contribution in [-0.4, -0.2) is 13.2 Å². The smallest absolute Gasteiger partial charge is 0.0465 e. The quantitative estimate of drug-likeness (QED) is 0.437. The molecule has 74 valence electrons. The molecular formula is C11H24O. The zero-order valence-electron chi connectivity index (χ0n) is 8.94. The molecule has 0 aliphatic heterocycles. The standard InChI is InChI=1S/C8H18O.C3H6/c1-3-5-7-9-8-6-4-2;1-3-2/h3-8H2,1-2H3;3H,1H2,2H3. The molecule has 0 aromatic rings. The van der Waals surface area contributed by atoms with Crippen molar-refractivity contribution >= 4 is 0 Å². The monoisotopic (exact) mass is 172 g/mol. The van der Waals surface area contributed by atoms with Crippen molar-refractivity contribution in [1.29, 1.82) is 0 Å². The first-order valence-electron chi connectivity index (χ1n) is 4.98. The Labute approximate surface area is 77.8 Å². The zero-order chi connectivity index (χ0) is 9.66. The highest BCUT2D eigenvalue weighted by molar-refractivity contribution is 4.51. The number of allylic oxidation sites excluding steroid dienone is 1. The van der Waals surface area contributed by atoms with Crippen LogP contribution in [0, 0.1) is 0 Å². The van der Waals surface area contributed by atoms with Crippen molar-refractivity contribution in [3.8, 4) is 0 Å². The van der Waals surface area contributed by atoms with Crippen LogP contribution in [0.5, 0.6) is 0 Å². The third kappa shape index (κ3) is 22.6. The Morgan fingerprint density at radius 1 is 1.08 bits per heavy atom. The molecule has 0 aromatic carbocycles. The fourth-order valence-corrected chi connectivity index (χ4v) is 0.595. The Balaban J connectivity index is 0. The Kier molecular flexibility index (Phi) is 20.1. The molecule has 0 unspecified atom stereocenters. The summed E-state index contributed by atoms with van der Waals surface area (Å²) in [5, 5.41) is 0. The molecule has 12 heavy (non-hydrogen) atoms. The minimum Gasteiger partial charge on any atom is -0.381 e. The highest BCUT2D eigenvalue weighted by Gasteiger charge is 1.84. The normalized spacial score (nSPS) is 8.58. The van der Waals surface area contributed by atoms with Crippen molar-refractivity contribution in [3.63, 3.8) is 0 Å². The van der Waals surface area contributed by atoms with Crippen LogP contribution in [0.2, 0.25) is 0 Å². The van der Waals surface area contributed by atoms with Crippen molar-refractivity contribution in [3.05, 3.63) is 12.7 Å². The summed E-state index contributed by atoms with van der Waals surface area (Å²) in [7, 11) is 0. The lowest BCUT2D eigenvalue weighted by Crippen LogP contribution is -1.95. The van der Waals surface area contributed by atoms with Gasteiger partial charge in [0.15, 0.2) is 0 Å². The van der Waals surface area contributed by atoms with Gasteiger partial charge in [0.2, 0.25) is 0 Å². The number of hydrogen-bond donors (Lipinski definition) is 0. The summed E-state index contributed by atoms with van der Waals surface area (Å²) < 4.78 is 5.31. The van der Waals surface area contributed by atoms with Crippen LogP contribution in [0.25, 0.3) is 0 Å². The molecule has 0 bridgehead atoms. The van der Waals surface area contributed by atoms with Gasteiger partial charge in [-0.15, -0.1) is 6.58 Å². The third-order valence-corrected chi connectivity index (χ3v) is 1.28. The van der Waals surface area contributed by atoms with Gasteiger partial charge < -0.3 is 4.74 Å². The fourth-order valence-electron chi connectivity index (χ4n) is 0.595. The molecular weight excluding hydrogens is 148 g/mol. The van der Waals surface area contributed by atoms with Crippen LogP contribution in [0.4, 0.5) is 0 Å². The predicted octanol–water partition coefficient (Wildman–Crippen LogP) is 3.80. The lowest BCUT2D eigenvalue weighted by Gasteiger charge is -1.99. The second-order valence-corrected chi connectivity index (χ2v) is 2.73. The first kappa shape index (κ1) is 14.2. The molecule has 0 rings (SSSR count). The van der Waals surface area contributed by atoms with Gasteiger partial charge in [0.1, 0.15) is 0 Å². The zero-order valence-corrected chi connectivity index (χ0v) is 8.94. The van der Waals surface area contributed by atoms with E-state index in [1.54, 1.807) is 6.08 Å². The largest absolute Gasteiger partial charge is 0.381 e. The van der Waals surface area contributed by atoms with Gasteiger partial charge in [-0.3, -0.25) is 0 Å².